The van der Waals surface area contributed by atoms with Gasteiger partial charge in [0.1, 0.15) is 0 Å². The zero-order valence-corrected chi connectivity index (χ0v) is 10.5. The molecule has 0 spiro atoms. The summed E-state index contributed by atoms with van der Waals surface area (Å²) in [7, 11) is 1.35. The molecule has 0 bridgehead atoms. The summed E-state index contributed by atoms with van der Waals surface area (Å²) in [6.07, 6.45) is 4.18. The number of ether oxygens (including phenoxy) is 1. The lowest BCUT2D eigenvalue weighted by Gasteiger charge is -2.04. The van der Waals surface area contributed by atoms with E-state index in [1.54, 1.807) is 12.1 Å². The molecule has 0 fully saturated rings. The monoisotopic (exact) mass is 284 g/mol. The molecule has 1 aromatic carbocycles. The maximum atomic E-state index is 11.5. The number of aliphatic hydroxyl groups excluding tert-OH is 1. The molecule has 0 aromatic heterocycles. The minimum Gasteiger partial charge on any atom is -0.465 e. The average Bonchev–Trinajstić information content (AvgIpc) is 2.30. The molecule has 16 heavy (non-hydrogen) atoms. The highest BCUT2D eigenvalue weighted by atomic mass is 79.9. The number of benzene rings is 1. The molecule has 0 aliphatic rings. The van der Waals surface area contributed by atoms with Gasteiger partial charge >= 0.3 is 5.97 Å². The number of methoxy groups -OCH3 is 1. The van der Waals surface area contributed by atoms with Gasteiger partial charge in [-0.05, 0) is 24.1 Å². The second-order valence-corrected chi connectivity index (χ2v) is 4.05. The van der Waals surface area contributed by atoms with E-state index in [1.807, 2.05) is 18.2 Å². The molecule has 0 atom stereocenters. The third-order valence-corrected chi connectivity index (χ3v) is 2.51. The van der Waals surface area contributed by atoms with Crippen molar-refractivity contribution >= 4 is 28.0 Å². The highest BCUT2D eigenvalue weighted by Crippen LogP contribution is 2.19. The molecule has 1 rings (SSSR count). The average molecular weight is 285 g/mol. The van der Waals surface area contributed by atoms with Crippen LogP contribution in [0.1, 0.15) is 22.3 Å². The molecule has 3 nitrogen and oxygen atoms in total. The van der Waals surface area contributed by atoms with Crippen LogP contribution in [0, 0.1) is 0 Å². The lowest BCUT2D eigenvalue weighted by Crippen LogP contribution is -2.03. The smallest absolute Gasteiger partial charge is 0.338 e. The Morgan fingerprint density at radius 3 is 2.94 bits per heavy atom. The Hall–Kier alpha value is -1.13. The predicted octanol–water partition coefficient (Wildman–Crippen LogP) is 2.63. The first-order valence-corrected chi connectivity index (χ1v) is 5.63. The largest absolute Gasteiger partial charge is 0.465 e. The second kappa shape index (κ2) is 6.45. The van der Waals surface area contributed by atoms with Crippen LogP contribution in [0.15, 0.2) is 28.7 Å². The fourth-order valence-corrected chi connectivity index (χ4v) is 1.61. The summed E-state index contributed by atoms with van der Waals surface area (Å²) in [6.45, 7) is 0.0978. The Morgan fingerprint density at radius 1 is 1.56 bits per heavy atom. The SMILES string of the molecule is COC(=O)c1cc(Br)ccc1/C=C/CCO. The maximum absolute atomic E-state index is 11.5. The minimum atomic E-state index is -0.370. The number of esters is 1. The summed E-state index contributed by atoms with van der Waals surface area (Å²) in [5, 5.41) is 8.66. The van der Waals surface area contributed by atoms with Gasteiger partial charge in [-0.1, -0.05) is 34.1 Å². The van der Waals surface area contributed by atoms with Crippen molar-refractivity contribution in [3.63, 3.8) is 0 Å². The molecule has 0 radical (unpaired) electrons. The molecule has 1 aromatic rings. The number of hydrogen-bond donors (Lipinski definition) is 1. The molecule has 0 heterocycles. The third-order valence-electron chi connectivity index (χ3n) is 2.01. The van der Waals surface area contributed by atoms with E-state index >= 15 is 0 Å². The maximum Gasteiger partial charge on any atom is 0.338 e. The molecule has 0 unspecified atom stereocenters. The molecule has 0 saturated carbocycles. The fraction of sp³-hybridized carbons (Fsp3) is 0.250. The molecule has 86 valence electrons. The number of halogens is 1. The Bertz CT molecular complexity index is 399. The van der Waals surface area contributed by atoms with Crippen LogP contribution < -0.4 is 0 Å². The van der Waals surface area contributed by atoms with Gasteiger partial charge in [-0.25, -0.2) is 4.79 Å². The Kier molecular flexibility index (Phi) is 5.22. The Balaban J connectivity index is 3.02. The van der Waals surface area contributed by atoms with Crippen molar-refractivity contribution in [3.8, 4) is 0 Å². The van der Waals surface area contributed by atoms with Crippen LogP contribution in [-0.2, 0) is 4.74 Å². The Labute approximate surface area is 103 Å². The summed E-state index contributed by atoms with van der Waals surface area (Å²) in [5.41, 5.74) is 1.29. The molecule has 1 N–H and O–H groups in total. The first kappa shape index (κ1) is 12.9. The lowest BCUT2D eigenvalue weighted by atomic mass is 10.1. The third kappa shape index (κ3) is 3.47. The molecular formula is C12H13BrO3. The van der Waals surface area contributed by atoms with Crippen molar-refractivity contribution in [2.24, 2.45) is 0 Å². The standard InChI is InChI=1S/C12H13BrO3/c1-16-12(15)11-8-10(13)6-5-9(11)4-2-3-7-14/h2,4-6,8,14H,3,7H2,1H3/b4-2+. The van der Waals surface area contributed by atoms with Crippen LogP contribution in [0.2, 0.25) is 0 Å². The van der Waals surface area contributed by atoms with Crippen LogP contribution >= 0.6 is 15.9 Å². The van der Waals surface area contributed by atoms with Crippen LogP contribution in [0.3, 0.4) is 0 Å². The van der Waals surface area contributed by atoms with E-state index in [2.05, 4.69) is 15.9 Å². The van der Waals surface area contributed by atoms with Gasteiger partial charge < -0.3 is 9.84 Å². The van der Waals surface area contributed by atoms with Crippen LogP contribution in [0.25, 0.3) is 6.08 Å². The fourth-order valence-electron chi connectivity index (χ4n) is 1.25. The van der Waals surface area contributed by atoms with Gasteiger partial charge in [-0.3, -0.25) is 0 Å². The van der Waals surface area contributed by atoms with E-state index in [-0.39, 0.29) is 12.6 Å². The van der Waals surface area contributed by atoms with Crippen molar-refractivity contribution in [1.29, 1.82) is 0 Å². The minimum absolute atomic E-state index is 0.0978. The van der Waals surface area contributed by atoms with Gasteiger partial charge in [-0.15, -0.1) is 0 Å². The number of carbonyl (C=O) groups excluding carboxylic acids is 1. The summed E-state index contributed by atoms with van der Waals surface area (Å²) in [6, 6.07) is 5.39. The summed E-state index contributed by atoms with van der Waals surface area (Å²) < 4.78 is 5.52. The van der Waals surface area contributed by atoms with E-state index in [4.69, 9.17) is 9.84 Å². The predicted molar refractivity (Wildman–Crippen MR) is 66.2 cm³/mol. The van der Waals surface area contributed by atoms with Gasteiger partial charge in [0, 0.05) is 11.1 Å². The van der Waals surface area contributed by atoms with Gasteiger partial charge in [0.2, 0.25) is 0 Å². The molecule has 0 aliphatic carbocycles. The molecule has 4 heteroatoms. The zero-order valence-electron chi connectivity index (χ0n) is 8.94. The first-order chi connectivity index (χ1) is 7.69. The Morgan fingerprint density at radius 2 is 2.31 bits per heavy atom. The zero-order chi connectivity index (χ0) is 12.0. The van der Waals surface area contributed by atoms with Crippen molar-refractivity contribution in [2.75, 3.05) is 13.7 Å². The van der Waals surface area contributed by atoms with E-state index in [0.29, 0.717) is 12.0 Å². The van der Waals surface area contributed by atoms with Gasteiger partial charge in [0.15, 0.2) is 0 Å². The number of aliphatic hydroxyl groups is 1. The highest BCUT2D eigenvalue weighted by Gasteiger charge is 2.09. The molecule has 0 aliphatic heterocycles. The van der Waals surface area contributed by atoms with Gasteiger partial charge in [0.25, 0.3) is 0 Å². The topological polar surface area (TPSA) is 46.5 Å². The van der Waals surface area contributed by atoms with Crippen LogP contribution in [-0.4, -0.2) is 24.8 Å². The van der Waals surface area contributed by atoms with E-state index in [0.717, 1.165) is 10.0 Å². The number of carbonyl (C=O) groups is 1. The van der Waals surface area contributed by atoms with Crippen molar-refractivity contribution < 1.29 is 14.6 Å². The van der Waals surface area contributed by atoms with Crippen molar-refractivity contribution in [2.45, 2.75) is 6.42 Å². The number of rotatable bonds is 4. The van der Waals surface area contributed by atoms with Gasteiger partial charge in [0.05, 0.1) is 12.7 Å². The summed E-state index contributed by atoms with van der Waals surface area (Å²) >= 11 is 3.30. The second-order valence-electron chi connectivity index (χ2n) is 3.14. The van der Waals surface area contributed by atoms with Gasteiger partial charge in [-0.2, -0.15) is 0 Å². The lowest BCUT2D eigenvalue weighted by molar-refractivity contribution is 0.0600. The molecular weight excluding hydrogens is 272 g/mol. The quantitative estimate of drug-likeness (QED) is 0.865. The number of hydrogen-bond acceptors (Lipinski definition) is 3. The van der Waals surface area contributed by atoms with E-state index in [1.165, 1.54) is 7.11 Å². The normalized spacial score (nSPS) is 10.7. The van der Waals surface area contributed by atoms with Crippen molar-refractivity contribution in [3.05, 3.63) is 39.9 Å². The molecule has 0 amide bonds. The van der Waals surface area contributed by atoms with Crippen LogP contribution in [0.5, 0.6) is 0 Å². The van der Waals surface area contributed by atoms with E-state index in [9.17, 15) is 4.79 Å². The van der Waals surface area contributed by atoms with Crippen molar-refractivity contribution in [1.82, 2.24) is 0 Å². The molecule has 0 saturated heterocycles. The highest BCUT2D eigenvalue weighted by molar-refractivity contribution is 9.10. The van der Waals surface area contributed by atoms with Crippen LogP contribution in [0.4, 0.5) is 0 Å². The summed E-state index contributed by atoms with van der Waals surface area (Å²) in [4.78, 5) is 11.5. The first-order valence-electron chi connectivity index (χ1n) is 4.84. The van der Waals surface area contributed by atoms with E-state index < -0.39 is 0 Å². The summed E-state index contributed by atoms with van der Waals surface area (Å²) in [5.74, 6) is -0.370.